The van der Waals surface area contributed by atoms with E-state index in [9.17, 15) is 10.1 Å². The number of nitrogens with one attached hydrogen (secondary N) is 1. The first-order valence-electron chi connectivity index (χ1n) is 5.88. The number of anilines is 1. The lowest BCUT2D eigenvalue weighted by molar-refractivity contribution is -0.385. The highest BCUT2D eigenvalue weighted by Crippen LogP contribution is 2.32. The Labute approximate surface area is 123 Å². The second kappa shape index (κ2) is 5.58. The second-order valence-electron chi connectivity index (χ2n) is 4.36. The Morgan fingerprint density at radius 2 is 2.10 bits per heavy atom. The van der Waals surface area contributed by atoms with Gasteiger partial charge in [0.2, 0.25) is 5.89 Å². The first-order chi connectivity index (χ1) is 9.40. The van der Waals surface area contributed by atoms with Crippen LogP contribution in [0.3, 0.4) is 0 Å². The summed E-state index contributed by atoms with van der Waals surface area (Å²) in [5, 5.41) is 13.9. The lowest BCUT2D eigenvalue weighted by Gasteiger charge is -2.13. The van der Waals surface area contributed by atoms with Crippen molar-refractivity contribution in [1.29, 1.82) is 0 Å². The van der Waals surface area contributed by atoms with E-state index in [0.717, 1.165) is 5.76 Å². The molecule has 0 aliphatic rings. The minimum atomic E-state index is -0.461. The van der Waals surface area contributed by atoms with Gasteiger partial charge in [0.15, 0.2) is 0 Å². The molecule has 0 aliphatic carbocycles. The molecule has 106 valence electrons. The third-order valence-corrected chi connectivity index (χ3v) is 3.77. The summed E-state index contributed by atoms with van der Waals surface area (Å²) in [6.45, 7) is 5.35. The largest absolute Gasteiger partial charge is 0.444 e. The Morgan fingerprint density at radius 1 is 1.40 bits per heavy atom. The fourth-order valence-corrected chi connectivity index (χ4v) is 2.11. The van der Waals surface area contributed by atoms with Crippen LogP contribution in [0.5, 0.6) is 0 Å². The van der Waals surface area contributed by atoms with E-state index < -0.39 is 4.92 Å². The predicted molar refractivity (Wildman–Crippen MR) is 76.6 cm³/mol. The van der Waals surface area contributed by atoms with Crippen molar-refractivity contribution >= 4 is 27.4 Å². The van der Waals surface area contributed by atoms with Gasteiger partial charge in [0.05, 0.1) is 15.6 Å². The smallest absolute Gasteiger partial charge is 0.291 e. The molecule has 0 spiro atoms. The van der Waals surface area contributed by atoms with E-state index in [0.29, 0.717) is 21.7 Å². The topological polar surface area (TPSA) is 94.1 Å². The molecule has 0 radical (unpaired) electrons. The molecule has 1 N–H and O–H groups in total. The van der Waals surface area contributed by atoms with Gasteiger partial charge < -0.3 is 9.73 Å². The van der Waals surface area contributed by atoms with Crippen LogP contribution in [0.25, 0.3) is 0 Å². The number of hydrogen-bond donors (Lipinski definition) is 1. The van der Waals surface area contributed by atoms with Crippen molar-refractivity contribution in [2.24, 2.45) is 0 Å². The molecule has 0 aliphatic heterocycles. The first kappa shape index (κ1) is 14.4. The molecule has 20 heavy (non-hydrogen) atoms. The minimum Gasteiger partial charge on any atom is -0.444 e. The number of nitrogens with zero attached hydrogens (tertiary/aromatic N) is 3. The molecule has 8 heteroatoms. The molecule has 2 heterocycles. The zero-order valence-corrected chi connectivity index (χ0v) is 12.8. The summed E-state index contributed by atoms with van der Waals surface area (Å²) < 4.78 is 5.98. The summed E-state index contributed by atoms with van der Waals surface area (Å²) in [5.41, 5.74) is 0.491. The lowest BCUT2D eigenvalue weighted by atomic mass is 10.2. The number of halogens is 1. The third-order valence-electron chi connectivity index (χ3n) is 2.80. The average Bonchev–Trinajstić information content (AvgIpc) is 2.81. The Morgan fingerprint density at radius 3 is 2.65 bits per heavy atom. The highest BCUT2D eigenvalue weighted by Gasteiger charge is 2.19. The molecule has 0 saturated heterocycles. The molecule has 0 aromatic carbocycles. The molecule has 2 aromatic heterocycles. The molecule has 0 fully saturated rings. The van der Waals surface area contributed by atoms with Crippen molar-refractivity contribution in [3.63, 3.8) is 0 Å². The van der Waals surface area contributed by atoms with Crippen LogP contribution in [0.2, 0.25) is 0 Å². The molecular weight excluding hydrogens is 328 g/mol. The molecular formula is C12H13BrN4O3. The van der Waals surface area contributed by atoms with Crippen LogP contribution in [-0.4, -0.2) is 14.9 Å². The van der Waals surface area contributed by atoms with Gasteiger partial charge in [-0.1, -0.05) is 0 Å². The number of oxazole rings is 1. The van der Waals surface area contributed by atoms with E-state index in [-0.39, 0.29) is 11.7 Å². The van der Waals surface area contributed by atoms with E-state index in [1.165, 1.54) is 6.20 Å². The summed E-state index contributed by atoms with van der Waals surface area (Å²) >= 11 is 3.33. The average molecular weight is 341 g/mol. The minimum absolute atomic E-state index is 0.0259. The van der Waals surface area contributed by atoms with Gasteiger partial charge in [-0.05, 0) is 36.7 Å². The predicted octanol–water partition coefficient (Wildman–Crippen LogP) is 3.53. The quantitative estimate of drug-likeness (QED) is 0.675. The van der Waals surface area contributed by atoms with Gasteiger partial charge in [-0.25, -0.2) is 9.97 Å². The van der Waals surface area contributed by atoms with Gasteiger partial charge in [-0.15, -0.1) is 0 Å². The van der Waals surface area contributed by atoms with Crippen molar-refractivity contribution < 1.29 is 9.34 Å². The van der Waals surface area contributed by atoms with Gasteiger partial charge in [0.1, 0.15) is 23.8 Å². The van der Waals surface area contributed by atoms with Gasteiger partial charge in [-0.2, -0.15) is 0 Å². The van der Waals surface area contributed by atoms with Crippen LogP contribution < -0.4 is 5.32 Å². The summed E-state index contributed by atoms with van der Waals surface area (Å²) in [4.78, 5) is 18.6. The Hall–Kier alpha value is -1.96. The number of nitro groups is 1. The van der Waals surface area contributed by atoms with Crippen LogP contribution in [-0.2, 0) is 0 Å². The highest BCUT2D eigenvalue weighted by molar-refractivity contribution is 9.10. The third kappa shape index (κ3) is 2.79. The van der Waals surface area contributed by atoms with Crippen LogP contribution in [0.1, 0.15) is 30.2 Å². The van der Waals surface area contributed by atoms with Crippen LogP contribution >= 0.6 is 15.9 Å². The second-order valence-corrected chi connectivity index (χ2v) is 5.16. The maximum Gasteiger partial charge on any atom is 0.291 e. The molecule has 0 amide bonds. The van der Waals surface area contributed by atoms with Gasteiger partial charge >= 0.3 is 0 Å². The van der Waals surface area contributed by atoms with Crippen LogP contribution in [0, 0.1) is 24.0 Å². The monoisotopic (exact) mass is 340 g/mol. The number of aromatic nitrogens is 2. The maximum atomic E-state index is 10.8. The summed E-state index contributed by atoms with van der Waals surface area (Å²) in [6, 6.07) is -0.201. The number of hydrogen-bond acceptors (Lipinski definition) is 6. The van der Waals surface area contributed by atoms with E-state index in [1.54, 1.807) is 13.1 Å². The van der Waals surface area contributed by atoms with E-state index in [2.05, 4.69) is 31.2 Å². The Bertz CT molecular complexity index is 656. The number of rotatable bonds is 4. The van der Waals surface area contributed by atoms with Gasteiger partial charge in [0, 0.05) is 5.56 Å². The molecule has 1 atom stereocenters. The maximum absolute atomic E-state index is 10.8. The van der Waals surface area contributed by atoms with Crippen molar-refractivity contribution in [2.75, 3.05) is 5.32 Å². The van der Waals surface area contributed by atoms with Crippen molar-refractivity contribution in [2.45, 2.75) is 26.8 Å². The van der Waals surface area contributed by atoms with Crippen molar-refractivity contribution in [1.82, 2.24) is 9.97 Å². The van der Waals surface area contributed by atoms with E-state index >= 15 is 0 Å². The first-order valence-corrected chi connectivity index (χ1v) is 6.67. The molecule has 0 saturated carbocycles. The standard InChI is InChI=1S/C12H13BrN4O3/c1-6-4-15-12(20-6)8(3)16-11-10(13)7(2)9(5-14-11)17(18)19/h4-5,8H,1-3H3,(H,14,16). The summed E-state index contributed by atoms with van der Waals surface area (Å²) in [7, 11) is 0. The number of pyridine rings is 1. The van der Waals surface area contributed by atoms with Crippen LogP contribution in [0.15, 0.2) is 21.3 Å². The van der Waals surface area contributed by atoms with Crippen LogP contribution in [0.4, 0.5) is 11.5 Å². The molecule has 2 rings (SSSR count). The zero-order valence-electron chi connectivity index (χ0n) is 11.2. The normalized spacial score (nSPS) is 12.2. The molecule has 2 aromatic rings. The van der Waals surface area contributed by atoms with E-state index in [1.807, 2.05) is 13.8 Å². The van der Waals surface area contributed by atoms with E-state index in [4.69, 9.17) is 4.42 Å². The van der Waals surface area contributed by atoms with Crippen molar-refractivity contribution in [3.05, 3.63) is 44.2 Å². The molecule has 1 unspecified atom stereocenters. The lowest BCUT2D eigenvalue weighted by Crippen LogP contribution is -2.09. The Balaban J connectivity index is 2.26. The summed E-state index contributed by atoms with van der Waals surface area (Å²) in [5.74, 6) is 1.77. The Kier molecular flexibility index (Phi) is 4.03. The SMILES string of the molecule is Cc1cnc(C(C)Nc2ncc([N+](=O)[O-])c(C)c2Br)o1. The number of aryl methyl sites for hydroxylation is 1. The van der Waals surface area contributed by atoms with Crippen molar-refractivity contribution in [3.8, 4) is 0 Å². The summed E-state index contributed by atoms with van der Waals surface area (Å²) in [6.07, 6.45) is 2.87. The highest BCUT2D eigenvalue weighted by atomic mass is 79.9. The fourth-order valence-electron chi connectivity index (χ4n) is 1.69. The molecule has 7 nitrogen and oxygen atoms in total. The van der Waals surface area contributed by atoms with Gasteiger partial charge in [-0.3, -0.25) is 10.1 Å². The fraction of sp³-hybridized carbons (Fsp3) is 0.333. The zero-order chi connectivity index (χ0) is 14.9. The van der Waals surface area contributed by atoms with Gasteiger partial charge in [0.25, 0.3) is 5.69 Å². The molecule has 0 bridgehead atoms.